The van der Waals surface area contributed by atoms with Gasteiger partial charge in [-0.1, -0.05) is 252 Å². The molecule has 5 heteroatoms. The van der Waals surface area contributed by atoms with Gasteiger partial charge in [0, 0.05) is 4.47 Å². The molecule has 0 aromatic heterocycles. The predicted molar refractivity (Wildman–Crippen MR) is 233 cm³/mol. The summed E-state index contributed by atoms with van der Waals surface area (Å²) in [4.78, 5) is 0. The van der Waals surface area contributed by atoms with E-state index in [1.54, 1.807) is 0 Å². The molecule has 0 spiro atoms. The summed E-state index contributed by atoms with van der Waals surface area (Å²) in [6, 6.07) is 83.1. The minimum Gasteiger partial charge on any atom is -0.195 e. The second-order valence-electron chi connectivity index (χ2n) is 13.7. The molecular formula is C49H41B2BrLiNa. The molecule has 0 radical (unpaired) electrons. The van der Waals surface area contributed by atoms with Crippen LogP contribution in [0.25, 0.3) is 0 Å². The summed E-state index contributed by atoms with van der Waals surface area (Å²) >= 11 is 3.59. The van der Waals surface area contributed by atoms with E-state index >= 15 is 0 Å². The van der Waals surface area contributed by atoms with E-state index in [0.717, 1.165) is 4.47 Å². The maximum absolute atomic E-state index is 3.59. The fourth-order valence-electron chi connectivity index (χ4n) is 8.37. The Labute approximate surface area is 364 Å². The van der Waals surface area contributed by atoms with Crippen molar-refractivity contribution >= 4 is 71.9 Å². The molecule has 8 aromatic rings. The Kier molecular flexibility index (Phi) is 14.9. The van der Waals surface area contributed by atoms with Crippen molar-refractivity contribution in [1.82, 2.24) is 0 Å². The molecule has 0 unspecified atom stereocenters. The molecule has 0 nitrogen and oxygen atoms in total. The van der Waals surface area contributed by atoms with Crippen LogP contribution >= 0.6 is 15.9 Å². The number of hydrogen-bond acceptors (Lipinski definition) is 0. The standard InChI is InChI=1S/C25H22B.C24H19BBr.Li.Na/c1-21-17-19-25(20-18-21)26(22-11-5-2-6-12-22,23-13-7-3-8-14-23)24-15-9-4-10-16-24;26-24-18-16-23(17-19-24)25(20-10-4-1-5-11-20,21-12-6-2-7-13-21)22-14-8-3-9-15-22;;/h2-20H,1H3;1-19H;;/q2*-1;2*+1. The SMILES string of the molecule is Brc1ccc([B-](c2ccccc2)(c2ccccc2)c2ccccc2)cc1.Cc1ccc([B-](c2ccccc2)(c2ccccc2)c2ccccc2)cc1.[Li+].[Na+]. The molecule has 0 N–H and O–H groups in total. The molecule has 0 heterocycles. The second kappa shape index (κ2) is 19.5. The molecule has 0 aliphatic carbocycles. The van der Waals surface area contributed by atoms with Gasteiger partial charge in [-0.25, -0.2) is 0 Å². The largest absolute Gasteiger partial charge is 1.00 e. The van der Waals surface area contributed by atoms with Gasteiger partial charge in [0.25, 0.3) is 0 Å². The first-order valence-corrected chi connectivity index (χ1v) is 18.9. The fraction of sp³-hybridized carbons (Fsp3) is 0.0204. The van der Waals surface area contributed by atoms with E-state index in [9.17, 15) is 0 Å². The van der Waals surface area contributed by atoms with Crippen LogP contribution in [0, 0.1) is 6.92 Å². The summed E-state index contributed by atoms with van der Waals surface area (Å²) in [7, 11) is 0. The van der Waals surface area contributed by atoms with Crippen LogP contribution in [0.3, 0.4) is 0 Å². The Hall–Kier alpha value is -4.03. The van der Waals surface area contributed by atoms with E-state index in [-0.39, 0.29) is 48.4 Å². The van der Waals surface area contributed by atoms with Crippen LogP contribution in [0.4, 0.5) is 0 Å². The zero-order valence-electron chi connectivity index (χ0n) is 31.5. The Morgan fingerprint density at radius 3 is 0.685 bits per heavy atom. The van der Waals surface area contributed by atoms with Crippen LogP contribution in [0.2, 0.25) is 0 Å². The smallest absolute Gasteiger partial charge is 0.195 e. The van der Waals surface area contributed by atoms with Crippen molar-refractivity contribution in [3.63, 3.8) is 0 Å². The first kappa shape index (κ1) is 41.1. The molecule has 8 rings (SSSR count). The third-order valence-corrected chi connectivity index (χ3v) is 11.3. The summed E-state index contributed by atoms with van der Waals surface area (Å²) in [5, 5.41) is 0. The summed E-state index contributed by atoms with van der Waals surface area (Å²) in [6.07, 6.45) is -2.48. The van der Waals surface area contributed by atoms with Crippen LogP contribution < -0.4 is 92.1 Å². The van der Waals surface area contributed by atoms with Crippen LogP contribution in [0.5, 0.6) is 0 Å². The molecule has 0 saturated heterocycles. The maximum atomic E-state index is 3.59. The zero-order chi connectivity index (χ0) is 35.6. The Balaban J connectivity index is 0.000000200. The van der Waals surface area contributed by atoms with E-state index in [1.807, 2.05) is 0 Å². The molecule has 54 heavy (non-hydrogen) atoms. The van der Waals surface area contributed by atoms with Crippen molar-refractivity contribution in [1.29, 1.82) is 0 Å². The van der Waals surface area contributed by atoms with Crippen molar-refractivity contribution in [2.75, 3.05) is 0 Å². The minimum atomic E-state index is -1.25. The fourth-order valence-corrected chi connectivity index (χ4v) is 8.63. The first-order chi connectivity index (χ1) is 25.6. The Morgan fingerprint density at radius 2 is 0.463 bits per heavy atom. The van der Waals surface area contributed by atoms with E-state index < -0.39 is 12.3 Å². The van der Waals surface area contributed by atoms with Gasteiger partial charge in [0.1, 0.15) is 12.3 Å². The van der Waals surface area contributed by atoms with Gasteiger partial charge in [-0.2, -0.15) is 43.7 Å². The van der Waals surface area contributed by atoms with Gasteiger partial charge >= 0.3 is 48.4 Å². The van der Waals surface area contributed by atoms with Crippen molar-refractivity contribution in [2.45, 2.75) is 6.92 Å². The number of aryl methyl sites for hydroxylation is 1. The van der Waals surface area contributed by atoms with Crippen LogP contribution in [-0.4, -0.2) is 12.3 Å². The average Bonchev–Trinajstić information content (AvgIpc) is 3.23. The molecule has 0 aliphatic rings. The van der Waals surface area contributed by atoms with Crippen molar-refractivity contribution < 1.29 is 48.4 Å². The van der Waals surface area contributed by atoms with E-state index in [0.29, 0.717) is 0 Å². The van der Waals surface area contributed by atoms with Gasteiger partial charge in [0.15, 0.2) is 0 Å². The van der Waals surface area contributed by atoms with Crippen LogP contribution in [-0.2, 0) is 0 Å². The van der Waals surface area contributed by atoms with Gasteiger partial charge in [-0.15, -0.1) is 0 Å². The molecule has 0 amide bonds. The summed E-state index contributed by atoms with van der Waals surface area (Å²) in [6.45, 7) is 2.14. The molecule has 252 valence electrons. The van der Waals surface area contributed by atoms with Gasteiger partial charge in [-0.05, 0) is 6.92 Å². The quantitative estimate of drug-likeness (QED) is 0.205. The van der Waals surface area contributed by atoms with E-state index in [1.165, 1.54) is 49.3 Å². The Bertz CT molecular complexity index is 1910. The first-order valence-electron chi connectivity index (χ1n) is 18.1. The van der Waals surface area contributed by atoms with Gasteiger partial charge < -0.3 is 0 Å². The normalized spacial score (nSPS) is 10.9. The maximum Gasteiger partial charge on any atom is 1.00 e. The molecule has 0 aliphatic heterocycles. The average molecular weight is 761 g/mol. The van der Waals surface area contributed by atoms with Gasteiger partial charge in [0.05, 0.1) is 0 Å². The number of rotatable bonds is 8. The van der Waals surface area contributed by atoms with Crippen LogP contribution in [0.15, 0.2) is 235 Å². The molecular weight excluding hydrogens is 720 g/mol. The monoisotopic (exact) mass is 760 g/mol. The van der Waals surface area contributed by atoms with Crippen LogP contribution in [0.1, 0.15) is 5.56 Å². The molecule has 8 aromatic carbocycles. The second-order valence-corrected chi connectivity index (χ2v) is 14.6. The number of hydrogen-bond donors (Lipinski definition) is 0. The van der Waals surface area contributed by atoms with E-state index in [2.05, 4.69) is 253 Å². The molecule has 0 atom stereocenters. The van der Waals surface area contributed by atoms with Crippen molar-refractivity contribution in [2.24, 2.45) is 0 Å². The number of halogens is 1. The minimum absolute atomic E-state index is 0. The summed E-state index contributed by atoms with van der Waals surface area (Å²) in [5.41, 5.74) is 12.0. The van der Waals surface area contributed by atoms with Crippen molar-refractivity contribution in [3.05, 3.63) is 241 Å². The third kappa shape index (κ3) is 8.44. The number of benzene rings is 8. The molecule has 0 saturated carbocycles. The molecule has 0 fully saturated rings. The summed E-state index contributed by atoms with van der Waals surface area (Å²) in [5.74, 6) is 0. The van der Waals surface area contributed by atoms with E-state index in [4.69, 9.17) is 0 Å². The molecule has 0 bridgehead atoms. The zero-order valence-corrected chi connectivity index (χ0v) is 35.1. The Morgan fingerprint density at radius 1 is 0.278 bits per heavy atom. The van der Waals surface area contributed by atoms with Crippen molar-refractivity contribution in [3.8, 4) is 0 Å². The third-order valence-electron chi connectivity index (χ3n) is 10.7. The topological polar surface area (TPSA) is 0 Å². The van der Waals surface area contributed by atoms with Gasteiger partial charge in [0.2, 0.25) is 0 Å². The summed E-state index contributed by atoms with van der Waals surface area (Å²) < 4.78 is 1.10. The predicted octanol–water partition coefficient (Wildman–Crippen LogP) is 1.21. The van der Waals surface area contributed by atoms with Gasteiger partial charge in [-0.3, -0.25) is 0 Å².